The first-order chi connectivity index (χ1) is 18.8. The van der Waals surface area contributed by atoms with Crippen molar-refractivity contribution < 1.29 is 14.7 Å². The summed E-state index contributed by atoms with van der Waals surface area (Å²) in [4.78, 5) is 34.9. The molecule has 2 N–H and O–H groups in total. The average molecular weight is 559 g/mol. The lowest BCUT2D eigenvalue weighted by molar-refractivity contribution is -0.142. The molecular weight excluding hydrogens is 508 g/mol. The summed E-state index contributed by atoms with van der Waals surface area (Å²) in [5.74, 6) is 6.50. The Morgan fingerprint density at radius 2 is 1.74 bits per heavy atom. The molecule has 1 fully saturated rings. The minimum atomic E-state index is -0.363. The first kappa shape index (κ1) is 36.3. The van der Waals surface area contributed by atoms with Crippen molar-refractivity contribution in [3.05, 3.63) is 41.0 Å². The van der Waals surface area contributed by atoms with Gasteiger partial charge in [-0.2, -0.15) is 0 Å². The number of nitrogens with zero attached hydrogens (tertiary/aromatic N) is 3. The Kier molecular flexibility index (Phi) is 18.8. The van der Waals surface area contributed by atoms with Gasteiger partial charge >= 0.3 is 0 Å². The summed E-state index contributed by atoms with van der Waals surface area (Å²) in [6.07, 6.45) is 1.60. The Balaban J connectivity index is 0.00000225. The molecule has 0 radical (unpaired) electrons. The van der Waals surface area contributed by atoms with Crippen LogP contribution in [-0.4, -0.2) is 72.0 Å². The summed E-state index contributed by atoms with van der Waals surface area (Å²) in [6.45, 7) is 15.8. The van der Waals surface area contributed by atoms with Crippen LogP contribution in [-0.2, 0) is 16.1 Å². The Morgan fingerprint density at radius 1 is 1.13 bits per heavy atom. The molecule has 3 rings (SSSR count). The van der Waals surface area contributed by atoms with Gasteiger partial charge in [0.1, 0.15) is 11.7 Å². The lowest BCUT2D eigenvalue weighted by atomic mass is 9.96. The zero-order chi connectivity index (χ0) is 30.0. The molecule has 1 aromatic heterocycles. The maximum absolute atomic E-state index is 12.8. The third-order valence-electron chi connectivity index (χ3n) is 6.08. The Labute approximate surface area is 241 Å². The Hall–Kier alpha value is -2.73. The number of hydrogen-bond donors (Lipinski definition) is 2. The van der Waals surface area contributed by atoms with Gasteiger partial charge in [-0.15, -0.1) is 11.3 Å². The van der Waals surface area contributed by atoms with Crippen molar-refractivity contribution in [1.82, 2.24) is 20.1 Å². The van der Waals surface area contributed by atoms with Gasteiger partial charge in [-0.3, -0.25) is 14.5 Å². The molecular formula is C31H50N4O3S. The highest BCUT2D eigenvalue weighted by molar-refractivity contribution is 7.13. The van der Waals surface area contributed by atoms with Gasteiger partial charge in [0.25, 0.3) is 0 Å². The van der Waals surface area contributed by atoms with Crippen LogP contribution in [0, 0.1) is 23.7 Å². The quantitative estimate of drug-likeness (QED) is 0.452. The van der Waals surface area contributed by atoms with Crippen LogP contribution in [0.3, 0.4) is 0 Å². The minimum absolute atomic E-state index is 0.0678. The van der Waals surface area contributed by atoms with Gasteiger partial charge in [-0.05, 0) is 49.9 Å². The number of thiazole rings is 1. The molecule has 39 heavy (non-hydrogen) atoms. The van der Waals surface area contributed by atoms with E-state index in [0.717, 1.165) is 41.6 Å². The third kappa shape index (κ3) is 11.5. The molecule has 0 saturated carbocycles. The van der Waals surface area contributed by atoms with Gasteiger partial charge in [0.15, 0.2) is 0 Å². The fourth-order valence-corrected chi connectivity index (χ4v) is 4.50. The molecule has 218 valence electrons. The Morgan fingerprint density at radius 3 is 2.31 bits per heavy atom. The predicted octanol–water partition coefficient (Wildman–Crippen LogP) is 5.28. The summed E-state index contributed by atoms with van der Waals surface area (Å²) in [5.41, 5.74) is 4.70. The molecule has 2 heterocycles. The zero-order valence-corrected chi connectivity index (χ0v) is 26.5. The van der Waals surface area contributed by atoms with E-state index in [1.807, 2.05) is 97.2 Å². The number of amides is 2. The first-order valence-electron chi connectivity index (χ1n) is 14.0. The van der Waals surface area contributed by atoms with Crippen LogP contribution in [0.5, 0.6) is 0 Å². The van der Waals surface area contributed by atoms with Crippen molar-refractivity contribution >= 4 is 23.2 Å². The molecule has 0 aliphatic carbocycles. The highest BCUT2D eigenvalue weighted by Crippen LogP contribution is 2.27. The second-order valence-electron chi connectivity index (χ2n) is 9.21. The van der Waals surface area contributed by atoms with Crippen molar-refractivity contribution in [2.24, 2.45) is 11.8 Å². The lowest BCUT2D eigenvalue weighted by Crippen LogP contribution is -2.48. The average Bonchev–Trinajstić information content (AvgIpc) is 3.64. The minimum Gasteiger partial charge on any atom is -0.400 e. The van der Waals surface area contributed by atoms with Crippen LogP contribution in [0.25, 0.3) is 10.4 Å². The van der Waals surface area contributed by atoms with E-state index in [9.17, 15) is 9.59 Å². The molecule has 0 spiro atoms. The van der Waals surface area contributed by atoms with E-state index in [2.05, 4.69) is 22.1 Å². The van der Waals surface area contributed by atoms with Gasteiger partial charge < -0.3 is 15.3 Å². The number of aromatic nitrogens is 1. The topological polar surface area (TPSA) is 85.8 Å². The maximum Gasteiger partial charge on any atom is 0.243 e. The van der Waals surface area contributed by atoms with Crippen molar-refractivity contribution in [1.29, 1.82) is 0 Å². The van der Waals surface area contributed by atoms with Gasteiger partial charge in [-0.25, -0.2) is 4.98 Å². The first-order valence-corrected chi connectivity index (χ1v) is 14.8. The van der Waals surface area contributed by atoms with Crippen LogP contribution in [0.2, 0.25) is 0 Å². The van der Waals surface area contributed by atoms with Gasteiger partial charge in [0.2, 0.25) is 11.8 Å². The van der Waals surface area contributed by atoms with Crippen LogP contribution < -0.4 is 5.32 Å². The molecule has 1 saturated heterocycles. The van der Waals surface area contributed by atoms with Crippen molar-refractivity contribution in [3.63, 3.8) is 0 Å². The van der Waals surface area contributed by atoms with E-state index < -0.39 is 0 Å². The van der Waals surface area contributed by atoms with Gasteiger partial charge in [0, 0.05) is 26.1 Å². The van der Waals surface area contributed by atoms with Crippen molar-refractivity contribution in [3.8, 4) is 22.3 Å². The van der Waals surface area contributed by atoms with E-state index in [1.165, 1.54) is 0 Å². The number of hydrogen-bond acceptors (Lipinski definition) is 6. The highest BCUT2D eigenvalue weighted by atomic mass is 32.1. The standard InChI is InChI=1S/C26H34N4O2S.2C2H6.CH4O/c1-18(2)19(3)26(32)30-15-7-9-23(30)25(31)27-16-20-10-12-21(13-11-20)24-22(28-17-33-24)8-6-14-29(4)5;3*1-2/h10-13,17-19,23H,7,9,14-16H2,1-5H3,(H,27,31);2*1-2H3;2H,1H3. The van der Waals surface area contributed by atoms with Crippen LogP contribution in [0.4, 0.5) is 0 Å². The van der Waals surface area contributed by atoms with Crippen molar-refractivity contribution in [2.75, 3.05) is 34.3 Å². The molecule has 2 unspecified atom stereocenters. The van der Waals surface area contributed by atoms with Crippen LogP contribution in [0.15, 0.2) is 29.8 Å². The largest absolute Gasteiger partial charge is 0.400 e. The fourth-order valence-electron chi connectivity index (χ4n) is 3.75. The summed E-state index contributed by atoms with van der Waals surface area (Å²) >= 11 is 1.58. The lowest BCUT2D eigenvalue weighted by Gasteiger charge is -2.28. The molecule has 2 atom stereocenters. The number of carbonyl (C=O) groups excluding carboxylic acids is 2. The molecule has 1 aliphatic heterocycles. The van der Waals surface area contributed by atoms with Crippen LogP contribution >= 0.6 is 11.3 Å². The summed E-state index contributed by atoms with van der Waals surface area (Å²) in [7, 11) is 4.98. The van der Waals surface area contributed by atoms with Gasteiger partial charge in [0.05, 0.1) is 16.9 Å². The SMILES string of the molecule is CC.CC.CC(C)C(C)C(=O)N1CCCC1C(=O)NCc1ccc(-c2scnc2C#CCN(C)C)cc1.CO. The summed E-state index contributed by atoms with van der Waals surface area (Å²) < 4.78 is 0. The number of aliphatic hydroxyl groups excluding tert-OH is 1. The number of benzene rings is 1. The molecule has 1 aliphatic rings. The predicted molar refractivity (Wildman–Crippen MR) is 164 cm³/mol. The Bertz CT molecular complexity index is 1020. The summed E-state index contributed by atoms with van der Waals surface area (Å²) in [5, 5.41) is 10.0. The molecule has 1 aromatic carbocycles. The number of carbonyl (C=O) groups is 2. The molecule has 8 heteroatoms. The third-order valence-corrected chi connectivity index (χ3v) is 6.96. The monoisotopic (exact) mass is 558 g/mol. The van der Waals surface area contributed by atoms with E-state index >= 15 is 0 Å². The molecule has 2 amide bonds. The number of rotatable bonds is 7. The fraction of sp³-hybridized carbons (Fsp3) is 0.581. The number of nitrogens with one attached hydrogen (secondary N) is 1. The second-order valence-corrected chi connectivity index (χ2v) is 10.1. The van der Waals surface area contributed by atoms with E-state index in [1.54, 1.807) is 16.2 Å². The van der Waals surface area contributed by atoms with E-state index in [-0.39, 0.29) is 29.7 Å². The molecule has 7 nitrogen and oxygen atoms in total. The second kappa shape index (κ2) is 20.2. The highest BCUT2D eigenvalue weighted by Gasteiger charge is 2.36. The maximum atomic E-state index is 12.8. The van der Waals surface area contributed by atoms with Crippen molar-refractivity contribution in [2.45, 2.75) is 73.9 Å². The van der Waals surface area contributed by atoms with Gasteiger partial charge in [-0.1, -0.05) is 78.7 Å². The van der Waals surface area contributed by atoms with E-state index in [0.29, 0.717) is 19.6 Å². The number of aliphatic hydroxyl groups is 1. The normalized spacial score (nSPS) is 14.5. The zero-order valence-electron chi connectivity index (χ0n) is 25.7. The van der Waals surface area contributed by atoms with Crippen LogP contribution in [0.1, 0.15) is 72.6 Å². The smallest absolute Gasteiger partial charge is 0.243 e. The number of likely N-dealkylation sites (tertiary alicyclic amines) is 1. The summed E-state index contributed by atoms with van der Waals surface area (Å²) in [6, 6.07) is 7.76. The molecule has 0 bridgehead atoms. The molecule has 2 aromatic rings. The van der Waals surface area contributed by atoms with E-state index in [4.69, 9.17) is 5.11 Å².